The highest BCUT2D eigenvalue weighted by Gasteiger charge is 2.28. The molecule has 1 aliphatic rings. The largest absolute Gasteiger partial charge is 0.349 e. The van der Waals surface area contributed by atoms with Gasteiger partial charge in [-0.2, -0.15) is 5.10 Å². The van der Waals surface area contributed by atoms with Crippen LogP contribution in [0.25, 0.3) is 0 Å². The van der Waals surface area contributed by atoms with Gasteiger partial charge in [0.2, 0.25) is 0 Å². The van der Waals surface area contributed by atoms with E-state index in [1.807, 2.05) is 13.0 Å². The zero-order valence-electron chi connectivity index (χ0n) is 13.8. The zero-order chi connectivity index (χ0) is 17.5. The summed E-state index contributed by atoms with van der Waals surface area (Å²) in [6.07, 6.45) is 3.28. The minimum absolute atomic E-state index is 0.161. The standard InChI is InChI=1S/C16H20N4O3S/c1-10-4-5-11(2)14(8-10)24(22,23)19-15-13(9-17-20(15)3)16(21)18-12-6-7-12/h4-5,8-9,12,19H,6-7H2,1-3H3,(H,18,21). The molecule has 0 spiro atoms. The second-order valence-electron chi connectivity index (χ2n) is 6.15. The maximum Gasteiger partial charge on any atom is 0.263 e. The second-order valence-corrected chi connectivity index (χ2v) is 7.80. The van der Waals surface area contributed by atoms with Gasteiger partial charge in [-0.25, -0.2) is 8.42 Å². The lowest BCUT2D eigenvalue weighted by Gasteiger charge is -2.13. The SMILES string of the molecule is Cc1ccc(C)c(S(=O)(=O)Nc2c(C(=O)NC3CC3)cnn2C)c1. The molecule has 1 fully saturated rings. The van der Waals surface area contributed by atoms with Crippen LogP contribution in [0.15, 0.2) is 29.3 Å². The first-order valence-electron chi connectivity index (χ1n) is 7.71. The summed E-state index contributed by atoms with van der Waals surface area (Å²) in [6.45, 7) is 3.56. The molecule has 24 heavy (non-hydrogen) atoms. The van der Waals surface area contributed by atoms with Crippen molar-refractivity contribution in [3.63, 3.8) is 0 Å². The molecule has 3 rings (SSSR count). The van der Waals surface area contributed by atoms with Gasteiger partial charge in [-0.3, -0.25) is 14.2 Å². The van der Waals surface area contributed by atoms with Crippen molar-refractivity contribution in [1.29, 1.82) is 0 Å². The number of aryl methyl sites for hydroxylation is 3. The molecular formula is C16H20N4O3S. The summed E-state index contributed by atoms with van der Waals surface area (Å²) in [5.74, 6) is -0.154. The first-order chi connectivity index (χ1) is 11.3. The fourth-order valence-corrected chi connectivity index (χ4v) is 3.83. The third-order valence-corrected chi connectivity index (χ3v) is 5.44. The molecule has 1 saturated carbocycles. The van der Waals surface area contributed by atoms with Crippen molar-refractivity contribution < 1.29 is 13.2 Å². The van der Waals surface area contributed by atoms with Crippen molar-refractivity contribution in [3.05, 3.63) is 41.1 Å². The van der Waals surface area contributed by atoms with Crippen LogP contribution >= 0.6 is 0 Å². The summed E-state index contributed by atoms with van der Waals surface area (Å²) in [5, 5.41) is 6.85. The molecule has 7 nitrogen and oxygen atoms in total. The number of carbonyl (C=O) groups excluding carboxylic acids is 1. The fraction of sp³-hybridized carbons (Fsp3) is 0.375. The van der Waals surface area contributed by atoms with Gasteiger partial charge >= 0.3 is 0 Å². The molecule has 0 saturated heterocycles. The first kappa shape index (κ1) is 16.5. The molecule has 8 heteroatoms. The Kier molecular flexibility index (Phi) is 4.08. The van der Waals surface area contributed by atoms with Crippen LogP contribution in [0.4, 0.5) is 5.82 Å². The lowest BCUT2D eigenvalue weighted by atomic mass is 10.2. The molecule has 0 bridgehead atoms. The van der Waals surface area contributed by atoms with Gasteiger partial charge in [0.25, 0.3) is 15.9 Å². The fourth-order valence-electron chi connectivity index (χ4n) is 2.39. The lowest BCUT2D eigenvalue weighted by Crippen LogP contribution is -2.27. The van der Waals surface area contributed by atoms with E-state index >= 15 is 0 Å². The molecule has 1 aromatic carbocycles. The third kappa shape index (κ3) is 3.28. The molecule has 1 aliphatic carbocycles. The van der Waals surface area contributed by atoms with Gasteiger partial charge < -0.3 is 5.32 Å². The van der Waals surface area contributed by atoms with Crippen molar-refractivity contribution >= 4 is 21.7 Å². The average Bonchev–Trinajstić information content (AvgIpc) is 3.25. The Balaban J connectivity index is 1.94. The van der Waals surface area contributed by atoms with Gasteiger partial charge in [0.1, 0.15) is 5.56 Å². The molecule has 1 amide bonds. The van der Waals surface area contributed by atoms with Crippen molar-refractivity contribution in [2.75, 3.05) is 4.72 Å². The molecule has 0 atom stereocenters. The van der Waals surface area contributed by atoms with Crippen molar-refractivity contribution in [2.45, 2.75) is 37.6 Å². The van der Waals surface area contributed by atoms with Crippen LogP contribution in [0.3, 0.4) is 0 Å². The summed E-state index contributed by atoms with van der Waals surface area (Å²) in [6, 6.07) is 5.40. The predicted molar refractivity (Wildman–Crippen MR) is 90.4 cm³/mol. The molecular weight excluding hydrogens is 328 g/mol. The van der Waals surface area contributed by atoms with Gasteiger partial charge in [-0.15, -0.1) is 0 Å². The summed E-state index contributed by atoms with van der Waals surface area (Å²) in [5.41, 5.74) is 1.70. The maximum atomic E-state index is 12.8. The molecule has 2 aromatic rings. The maximum absolute atomic E-state index is 12.8. The minimum Gasteiger partial charge on any atom is -0.349 e. The summed E-state index contributed by atoms with van der Waals surface area (Å²) < 4.78 is 29.4. The van der Waals surface area contributed by atoms with E-state index in [9.17, 15) is 13.2 Å². The molecule has 0 radical (unpaired) electrons. The number of anilines is 1. The summed E-state index contributed by atoms with van der Waals surface area (Å²) in [7, 11) is -2.23. The van der Waals surface area contributed by atoms with E-state index in [0.29, 0.717) is 5.56 Å². The summed E-state index contributed by atoms with van der Waals surface area (Å²) >= 11 is 0. The van der Waals surface area contributed by atoms with Gasteiger partial charge in [0.05, 0.1) is 11.1 Å². The number of nitrogens with one attached hydrogen (secondary N) is 2. The number of rotatable bonds is 5. The lowest BCUT2D eigenvalue weighted by molar-refractivity contribution is 0.0952. The average molecular weight is 348 g/mol. The highest BCUT2D eigenvalue weighted by molar-refractivity contribution is 7.92. The molecule has 128 valence electrons. The third-order valence-electron chi connectivity index (χ3n) is 3.96. The molecule has 0 aliphatic heterocycles. The number of aromatic nitrogens is 2. The number of carbonyl (C=O) groups is 1. The Bertz CT molecular complexity index is 898. The Morgan fingerprint density at radius 1 is 1.29 bits per heavy atom. The first-order valence-corrected chi connectivity index (χ1v) is 9.19. The van der Waals surface area contributed by atoms with E-state index in [4.69, 9.17) is 0 Å². The number of hydrogen-bond donors (Lipinski definition) is 2. The quantitative estimate of drug-likeness (QED) is 0.860. The highest BCUT2D eigenvalue weighted by atomic mass is 32.2. The van der Waals surface area contributed by atoms with E-state index in [1.165, 1.54) is 10.9 Å². The van der Waals surface area contributed by atoms with Crippen LogP contribution in [0.5, 0.6) is 0 Å². The number of benzene rings is 1. The van der Waals surface area contributed by atoms with E-state index in [-0.39, 0.29) is 28.2 Å². The Morgan fingerprint density at radius 3 is 2.67 bits per heavy atom. The number of amides is 1. The van der Waals surface area contributed by atoms with Crippen LogP contribution in [-0.2, 0) is 17.1 Å². The van der Waals surface area contributed by atoms with Crippen molar-refractivity contribution in [3.8, 4) is 0 Å². The zero-order valence-corrected chi connectivity index (χ0v) is 14.6. The molecule has 2 N–H and O–H groups in total. The normalized spacial score (nSPS) is 14.5. The van der Waals surface area contributed by atoms with E-state index < -0.39 is 10.0 Å². The minimum atomic E-state index is -3.82. The Morgan fingerprint density at radius 2 is 2.00 bits per heavy atom. The second kappa shape index (κ2) is 5.94. The number of nitrogens with zero attached hydrogens (tertiary/aromatic N) is 2. The van der Waals surface area contributed by atoms with Crippen LogP contribution in [0.2, 0.25) is 0 Å². The summed E-state index contributed by atoms with van der Waals surface area (Å²) in [4.78, 5) is 12.5. The van der Waals surface area contributed by atoms with E-state index in [1.54, 1.807) is 26.1 Å². The van der Waals surface area contributed by atoms with E-state index in [0.717, 1.165) is 18.4 Å². The van der Waals surface area contributed by atoms with Gasteiger partial charge in [0, 0.05) is 13.1 Å². The highest BCUT2D eigenvalue weighted by Crippen LogP contribution is 2.24. The van der Waals surface area contributed by atoms with E-state index in [2.05, 4.69) is 15.1 Å². The Hall–Kier alpha value is -2.35. The van der Waals surface area contributed by atoms with Gasteiger partial charge in [-0.1, -0.05) is 12.1 Å². The van der Waals surface area contributed by atoms with Crippen molar-refractivity contribution in [2.24, 2.45) is 7.05 Å². The van der Waals surface area contributed by atoms with Gasteiger partial charge in [-0.05, 0) is 43.9 Å². The monoisotopic (exact) mass is 348 g/mol. The van der Waals surface area contributed by atoms with Crippen LogP contribution in [0.1, 0.15) is 34.3 Å². The predicted octanol–water partition coefficient (Wildman–Crippen LogP) is 1.73. The van der Waals surface area contributed by atoms with Crippen LogP contribution in [0, 0.1) is 13.8 Å². The Labute approximate surface area is 141 Å². The molecule has 1 aromatic heterocycles. The number of hydrogen-bond acceptors (Lipinski definition) is 4. The van der Waals surface area contributed by atoms with Crippen LogP contribution < -0.4 is 10.0 Å². The molecule has 0 unspecified atom stereocenters. The number of sulfonamides is 1. The topological polar surface area (TPSA) is 93.1 Å². The smallest absolute Gasteiger partial charge is 0.263 e. The van der Waals surface area contributed by atoms with Gasteiger partial charge in [0.15, 0.2) is 5.82 Å². The van der Waals surface area contributed by atoms with Crippen molar-refractivity contribution in [1.82, 2.24) is 15.1 Å². The van der Waals surface area contributed by atoms with Crippen LogP contribution in [-0.4, -0.2) is 30.1 Å². The molecule has 1 heterocycles.